The van der Waals surface area contributed by atoms with Gasteiger partial charge in [0, 0.05) is 18.8 Å². The number of fused-ring (bicyclic) bond motifs is 1. The van der Waals surface area contributed by atoms with E-state index in [9.17, 15) is 14.7 Å². The molecule has 2 N–H and O–H groups in total. The number of carboxylic acid groups (broad SMARTS) is 1. The topological polar surface area (TPSA) is 112 Å². The lowest BCUT2D eigenvalue weighted by atomic mass is 10.1. The molecule has 0 bridgehead atoms. The molecule has 3 aromatic rings. The van der Waals surface area contributed by atoms with Gasteiger partial charge in [-0.2, -0.15) is 0 Å². The van der Waals surface area contributed by atoms with Crippen LogP contribution in [-0.4, -0.2) is 75.7 Å². The summed E-state index contributed by atoms with van der Waals surface area (Å²) >= 11 is 0. The second kappa shape index (κ2) is 11.5. The molecule has 0 fully saturated rings. The third kappa shape index (κ3) is 9.47. The third-order valence-electron chi connectivity index (χ3n) is 5.85. The fourth-order valence-electron chi connectivity index (χ4n) is 3.86. The number of nitrogens with zero attached hydrogens (tertiary/aromatic N) is 2. The normalized spacial score (nSPS) is 13.9. The van der Waals surface area contributed by atoms with Crippen LogP contribution in [0.4, 0.5) is 4.79 Å². The number of hydrogen-bond acceptors (Lipinski definition) is 6. The number of rotatable bonds is 11. The zero-order valence-electron chi connectivity index (χ0n) is 24.3. The van der Waals surface area contributed by atoms with Gasteiger partial charge in [0.15, 0.2) is 0 Å². The van der Waals surface area contributed by atoms with Crippen molar-refractivity contribution in [1.29, 1.82) is 0 Å². The van der Waals surface area contributed by atoms with Crippen LogP contribution >= 0.6 is 9.16 Å². The largest absolute Gasteiger partial charge is 0.480 e. The molecule has 0 aliphatic rings. The zero-order valence-corrected chi connectivity index (χ0v) is 25.2. The number of aliphatic carboxylic acids is 1. The molecule has 0 aliphatic heterocycles. The standard InChI is InChI=1S/C29H43N3O6S/c1-20-18-32(19-36-15-16-39(5,6,7)8)26-25(20)24(13-14-30-26)37-22-11-9-21(10-12-22)17-23(27(33)34)31-28(35)38-29(2,3)4/h9-14,18,23,39H,15-17,19H2,1-8H3,(H,31,35)(H,33,34). The fourth-order valence-corrected chi connectivity index (χ4v) is 4.72. The Kier molecular flexibility index (Phi) is 8.92. The first-order valence-corrected chi connectivity index (χ1v) is 17.2. The van der Waals surface area contributed by atoms with E-state index in [1.54, 1.807) is 51.2 Å². The predicted molar refractivity (Wildman–Crippen MR) is 159 cm³/mol. The number of ether oxygens (including phenoxy) is 3. The number of aromatic nitrogens is 2. The van der Waals surface area contributed by atoms with Gasteiger partial charge < -0.3 is 29.2 Å². The predicted octanol–water partition coefficient (Wildman–Crippen LogP) is 5.22. The van der Waals surface area contributed by atoms with E-state index in [2.05, 4.69) is 35.3 Å². The lowest BCUT2D eigenvalue weighted by molar-refractivity contribution is -0.139. The summed E-state index contributed by atoms with van der Waals surface area (Å²) in [6, 6.07) is 7.83. The summed E-state index contributed by atoms with van der Waals surface area (Å²) in [6.07, 6.45) is 12.4. The first kappa shape index (κ1) is 30.3. The van der Waals surface area contributed by atoms with Gasteiger partial charge in [0.25, 0.3) is 0 Å². The molecule has 1 atom stereocenters. The molecule has 1 aromatic carbocycles. The minimum Gasteiger partial charge on any atom is -0.480 e. The lowest BCUT2D eigenvalue weighted by Crippen LogP contribution is -2.44. The number of alkyl carbamates (subject to hydrolysis) is 1. The molecule has 216 valence electrons. The van der Waals surface area contributed by atoms with Crippen molar-refractivity contribution in [2.45, 2.75) is 52.5 Å². The van der Waals surface area contributed by atoms with Crippen LogP contribution in [0.15, 0.2) is 42.7 Å². The molecule has 0 saturated heterocycles. The van der Waals surface area contributed by atoms with Gasteiger partial charge in [-0.25, -0.2) is 14.6 Å². The Balaban J connectivity index is 1.68. The van der Waals surface area contributed by atoms with Crippen molar-refractivity contribution in [3.63, 3.8) is 0 Å². The summed E-state index contributed by atoms with van der Waals surface area (Å²) in [5, 5.41) is 12.9. The number of nitrogens with one attached hydrogen (secondary N) is 1. The fraction of sp³-hybridized carbons (Fsp3) is 0.483. The monoisotopic (exact) mass is 561 g/mol. The zero-order chi connectivity index (χ0) is 29.0. The van der Waals surface area contributed by atoms with Crippen LogP contribution in [-0.2, 0) is 27.4 Å². The number of amides is 1. The molecule has 39 heavy (non-hydrogen) atoms. The first-order valence-electron chi connectivity index (χ1n) is 13.0. The first-order chi connectivity index (χ1) is 18.0. The molecule has 0 saturated carbocycles. The number of carboxylic acids is 1. The summed E-state index contributed by atoms with van der Waals surface area (Å²) in [5.41, 5.74) is 1.83. The molecule has 10 heteroatoms. The van der Waals surface area contributed by atoms with Crippen molar-refractivity contribution in [2.75, 3.05) is 37.4 Å². The van der Waals surface area contributed by atoms with Crippen LogP contribution < -0.4 is 10.1 Å². The Hall–Kier alpha value is -3.24. The second-order valence-electron chi connectivity index (χ2n) is 13.0. The smallest absolute Gasteiger partial charge is 0.408 e. The van der Waals surface area contributed by atoms with Crippen LogP contribution in [0.1, 0.15) is 31.9 Å². The van der Waals surface area contributed by atoms with Gasteiger partial charge in [-0.05, 0) is 87.8 Å². The van der Waals surface area contributed by atoms with Crippen molar-refractivity contribution in [1.82, 2.24) is 14.9 Å². The van der Waals surface area contributed by atoms with Crippen LogP contribution in [0.3, 0.4) is 0 Å². The highest BCUT2D eigenvalue weighted by Gasteiger charge is 2.24. The lowest BCUT2D eigenvalue weighted by Gasteiger charge is -2.46. The highest BCUT2D eigenvalue weighted by Crippen LogP contribution is 2.54. The van der Waals surface area contributed by atoms with Gasteiger partial charge in [-0.1, -0.05) is 12.1 Å². The van der Waals surface area contributed by atoms with Gasteiger partial charge in [-0.3, -0.25) is 9.16 Å². The SMILES string of the molecule is Cc1cn(COCC[SH](C)(C)(C)C)c2nccc(Oc3ccc(CC(NC(=O)OC(C)(C)C)C(=O)O)cc3)c12. The Morgan fingerprint density at radius 1 is 1.10 bits per heavy atom. The van der Waals surface area contributed by atoms with Gasteiger partial charge in [0.2, 0.25) is 0 Å². The van der Waals surface area contributed by atoms with Crippen molar-refractivity contribution in [3.05, 3.63) is 53.9 Å². The molecule has 0 aliphatic carbocycles. The van der Waals surface area contributed by atoms with E-state index in [0.717, 1.165) is 27.9 Å². The van der Waals surface area contributed by atoms with Gasteiger partial charge in [0.1, 0.15) is 35.5 Å². The summed E-state index contributed by atoms with van der Waals surface area (Å²) in [6.45, 7) is 8.30. The molecule has 1 unspecified atom stereocenters. The molecular formula is C29H43N3O6S. The van der Waals surface area contributed by atoms with E-state index in [4.69, 9.17) is 14.2 Å². The number of pyridine rings is 1. The van der Waals surface area contributed by atoms with E-state index in [1.165, 1.54) is 0 Å². The number of hydrogen-bond donors (Lipinski definition) is 3. The van der Waals surface area contributed by atoms with E-state index < -0.39 is 32.9 Å². The average Bonchev–Trinajstić information content (AvgIpc) is 3.11. The maximum absolute atomic E-state index is 12.1. The molecule has 0 radical (unpaired) electrons. The number of carbonyl (C=O) groups is 2. The molecule has 2 aromatic heterocycles. The highest BCUT2D eigenvalue weighted by molar-refractivity contribution is 8.47. The molecule has 9 nitrogen and oxygen atoms in total. The van der Waals surface area contributed by atoms with Crippen LogP contribution in [0.25, 0.3) is 11.0 Å². The number of thiol groups is 1. The van der Waals surface area contributed by atoms with Gasteiger partial charge in [-0.15, -0.1) is 0 Å². The van der Waals surface area contributed by atoms with Crippen molar-refractivity contribution in [3.8, 4) is 11.5 Å². The Morgan fingerprint density at radius 3 is 2.36 bits per heavy atom. The Labute approximate surface area is 231 Å². The van der Waals surface area contributed by atoms with E-state index in [1.807, 2.05) is 23.8 Å². The maximum atomic E-state index is 12.1. The quantitative estimate of drug-likeness (QED) is 0.217. The van der Waals surface area contributed by atoms with Crippen LogP contribution in [0.2, 0.25) is 0 Å². The van der Waals surface area contributed by atoms with Gasteiger partial charge >= 0.3 is 12.1 Å². The summed E-state index contributed by atoms with van der Waals surface area (Å²) < 4.78 is 19.4. The van der Waals surface area contributed by atoms with E-state index >= 15 is 0 Å². The Bertz CT molecular complexity index is 1310. The molecular weight excluding hydrogens is 518 g/mol. The Morgan fingerprint density at radius 2 is 1.77 bits per heavy atom. The molecule has 0 spiro atoms. The third-order valence-corrected chi connectivity index (χ3v) is 7.82. The van der Waals surface area contributed by atoms with Crippen LogP contribution in [0, 0.1) is 6.92 Å². The maximum Gasteiger partial charge on any atom is 0.408 e. The second-order valence-corrected chi connectivity index (χ2v) is 21.3. The molecule has 3 rings (SSSR count). The minimum atomic E-state index is -1.62. The van der Waals surface area contributed by atoms with E-state index in [0.29, 0.717) is 24.8 Å². The highest BCUT2D eigenvalue weighted by atomic mass is 32.3. The summed E-state index contributed by atoms with van der Waals surface area (Å²) in [5.74, 6) is 1.20. The van der Waals surface area contributed by atoms with Crippen molar-refractivity contribution >= 4 is 32.3 Å². The van der Waals surface area contributed by atoms with E-state index in [-0.39, 0.29) is 6.42 Å². The average molecular weight is 562 g/mol. The minimum absolute atomic E-state index is 0.103. The van der Waals surface area contributed by atoms with Crippen molar-refractivity contribution in [2.24, 2.45) is 0 Å². The molecule has 1 amide bonds. The van der Waals surface area contributed by atoms with Crippen LogP contribution in [0.5, 0.6) is 11.5 Å². The number of carbonyl (C=O) groups excluding carboxylic acids is 1. The molecule has 2 heterocycles. The summed E-state index contributed by atoms with van der Waals surface area (Å²) in [7, 11) is -1.62. The van der Waals surface area contributed by atoms with Gasteiger partial charge in [0.05, 0.1) is 12.0 Å². The van der Waals surface area contributed by atoms with Crippen molar-refractivity contribution < 1.29 is 28.9 Å². The summed E-state index contributed by atoms with van der Waals surface area (Å²) in [4.78, 5) is 28.3. The number of aryl methyl sites for hydroxylation is 1. The number of benzene rings is 1.